The Bertz CT molecular complexity index is 466. The number of carbonyl (C=O) groups excluding carboxylic acids is 1. The molecule has 4 heteroatoms. The predicted molar refractivity (Wildman–Crippen MR) is 90.5 cm³/mol. The zero-order valence-electron chi connectivity index (χ0n) is 13.8. The van der Waals surface area contributed by atoms with E-state index in [0.29, 0.717) is 13.0 Å². The SMILES string of the molecule is CCCC(C)(N)C(=O)NCC(c1ccccc1)N1CCCC1. The van der Waals surface area contributed by atoms with Gasteiger partial charge in [0.15, 0.2) is 0 Å². The quantitative estimate of drug-likeness (QED) is 0.813. The lowest BCUT2D eigenvalue weighted by atomic mass is 9.96. The van der Waals surface area contributed by atoms with Crippen molar-refractivity contribution in [1.29, 1.82) is 0 Å². The molecule has 22 heavy (non-hydrogen) atoms. The summed E-state index contributed by atoms with van der Waals surface area (Å²) in [6.45, 7) is 6.70. The van der Waals surface area contributed by atoms with Gasteiger partial charge in [-0.1, -0.05) is 43.7 Å². The maximum Gasteiger partial charge on any atom is 0.239 e. The normalized spacial score (nSPS) is 19.6. The molecule has 0 bridgehead atoms. The molecule has 3 N–H and O–H groups in total. The summed E-state index contributed by atoms with van der Waals surface area (Å²) in [5.41, 5.74) is 6.61. The highest BCUT2D eigenvalue weighted by Gasteiger charge is 2.29. The van der Waals surface area contributed by atoms with E-state index in [1.165, 1.54) is 18.4 Å². The molecule has 1 amide bonds. The van der Waals surface area contributed by atoms with E-state index in [1.54, 1.807) is 0 Å². The largest absolute Gasteiger partial charge is 0.353 e. The van der Waals surface area contributed by atoms with Gasteiger partial charge in [-0.25, -0.2) is 0 Å². The summed E-state index contributed by atoms with van der Waals surface area (Å²) in [6, 6.07) is 10.7. The molecule has 122 valence electrons. The van der Waals surface area contributed by atoms with Gasteiger partial charge in [0.2, 0.25) is 5.91 Å². The van der Waals surface area contributed by atoms with Crippen LogP contribution in [-0.2, 0) is 4.79 Å². The minimum Gasteiger partial charge on any atom is -0.353 e. The first-order valence-electron chi connectivity index (χ1n) is 8.41. The average Bonchev–Trinajstić information content (AvgIpc) is 3.02. The van der Waals surface area contributed by atoms with Crippen LogP contribution >= 0.6 is 0 Å². The molecule has 1 fully saturated rings. The van der Waals surface area contributed by atoms with E-state index in [0.717, 1.165) is 19.5 Å². The minimum atomic E-state index is -0.777. The highest BCUT2D eigenvalue weighted by Crippen LogP contribution is 2.24. The first-order chi connectivity index (χ1) is 10.5. The van der Waals surface area contributed by atoms with E-state index in [4.69, 9.17) is 5.73 Å². The van der Waals surface area contributed by atoms with Gasteiger partial charge in [0.1, 0.15) is 0 Å². The monoisotopic (exact) mass is 303 g/mol. The lowest BCUT2D eigenvalue weighted by molar-refractivity contribution is -0.126. The molecule has 2 rings (SSSR count). The van der Waals surface area contributed by atoms with Gasteiger partial charge in [-0.2, -0.15) is 0 Å². The van der Waals surface area contributed by atoms with Gasteiger partial charge in [0.05, 0.1) is 11.6 Å². The number of rotatable bonds is 7. The van der Waals surface area contributed by atoms with E-state index >= 15 is 0 Å². The Morgan fingerprint density at radius 1 is 1.32 bits per heavy atom. The van der Waals surface area contributed by atoms with Crippen molar-refractivity contribution in [2.45, 2.75) is 51.1 Å². The Morgan fingerprint density at radius 2 is 1.95 bits per heavy atom. The van der Waals surface area contributed by atoms with Crippen molar-refractivity contribution in [1.82, 2.24) is 10.2 Å². The summed E-state index contributed by atoms with van der Waals surface area (Å²) in [5.74, 6) is -0.0468. The van der Waals surface area contributed by atoms with Gasteiger partial charge in [-0.3, -0.25) is 9.69 Å². The van der Waals surface area contributed by atoms with Crippen LogP contribution in [0.25, 0.3) is 0 Å². The molecule has 2 unspecified atom stereocenters. The van der Waals surface area contributed by atoms with Crippen molar-refractivity contribution in [3.63, 3.8) is 0 Å². The maximum absolute atomic E-state index is 12.4. The molecule has 1 heterocycles. The second kappa shape index (κ2) is 7.75. The van der Waals surface area contributed by atoms with Gasteiger partial charge < -0.3 is 11.1 Å². The highest BCUT2D eigenvalue weighted by atomic mass is 16.2. The van der Waals surface area contributed by atoms with Gasteiger partial charge in [0, 0.05) is 6.54 Å². The number of nitrogens with zero attached hydrogens (tertiary/aromatic N) is 1. The predicted octanol–water partition coefficient (Wildman–Crippen LogP) is 2.46. The number of hydrogen-bond donors (Lipinski definition) is 2. The molecule has 0 aliphatic carbocycles. The number of nitrogens with one attached hydrogen (secondary N) is 1. The Balaban J connectivity index is 2.03. The third-order valence-corrected chi connectivity index (χ3v) is 4.51. The van der Waals surface area contributed by atoms with Crippen LogP contribution in [-0.4, -0.2) is 36.0 Å². The Labute approximate surface area is 134 Å². The second-order valence-electron chi connectivity index (χ2n) is 6.55. The zero-order valence-corrected chi connectivity index (χ0v) is 13.8. The topological polar surface area (TPSA) is 58.4 Å². The number of likely N-dealkylation sites (tertiary alicyclic amines) is 1. The zero-order chi connectivity index (χ0) is 16.0. The fourth-order valence-corrected chi connectivity index (χ4v) is 3.21. The molecule has 0 saturated carbocycles. The molecule has 0 spiro atoms. The second-order valence-corrected chi connectivity index (χ2v) is 6.55. The summed E-state index contributed by atoms with van der Waals surface area (Å²) in [7, 11) is 0. The summed E-state index contributed by atoms with van der Waals surface area (Å²) in [5, 5.41) is 3.08. The molecule has 0 aromatic heterocycles. The lowest BCUT2D eigenvalue weighted by Gasteiger charge is -2.30. The van der Waals surface area contributed by atoms with E-state index in [1.807, 2.05) is 13.0 Å². The summed E-state index contributed by atoms with van der Waals surface area (Å²) >= 11 is 0. The Kier molecular flexibility index (Phi) is 5.98. The van der Waals surface area contributed by atoms with Crippen molar-refractivity contribution >= 4 is 5.91 Å². The van der Waals surface area contributed by atoms with Crippen LogP contribution in [0.15, 0.2) is 30.3 Å². The standard InChI is InChI=1S/C18H29N3O/c1-3-11-18(2,19)17(22)20-14-16(21-12-7-8-13-21)15-9-5-4-6-10-15/h4-6,9-10,16H,3,7-8,11-14,19H2,1-2H3,(H,20,22). The smallest absolute Gasteiger partial charge is 0.239 e. The van der Waals surface area contributed by atoms with E-state index < -0.39 is 5.54 Å². The molecular weight excluding hydrogens is 274 g/mol. The van der Waals surface area contributed by atoms with Crippen molar-refractivity contribution in [3.05, 3.63) is 35.9 Å². The van der Waals surface area contributed by atoms with Crippen LogP contribution in [0.2, 0.25) is 0 Å². The first kappa shape index (κ1) is 17.0. The lowest BCUT2D eigenvalue weighted by Crippen LogP contribution is -2.53. The molecule has 1 aromatic rings. The molecule has 1 saturated heterocycles. The fourth-order valence-electron chi connectivity index (χ4n) is 3.21. The molecule has 2 atom stereocenters. The maximum atomic E-state index is 12.4. The van der Waals surface area contributed by atoms with Gasteiger partial charge in [-0.05, 0) is 44.8 Å². The van der Waals surface area contributed by atoms with E-state index in [9.17, 15) is 4.79 Å². The van der Waals surface area contributed by atoms with Crippen molar-refractivity contribution in [2.75, 3.05) is 19.6 Å². The fraction of sp³-hybridized carbons (Fsp3) is 0.611. The van der Waals surface area contributed by atoms with Gasteiger partial charge in [-0.15, -0.1) is 0 Å². The van der Waals surface area contributed by atoms with Crippen molar-refractivity contribution in [3.8, 4) is 0 Å². The van der Waals surface area contributed by atoms with Crippen LogP contribution in [0, 0.1) is 0 Å². The van der Waals surface area contributed by atoms with Gasteiger partial charge >= 0.3 is 0 Å². The van der Waals surface area contributed by atoms with E-state index in [2.05, 4.69) is 41.4 Å². The molecule has 1 aromatic carbocycles. The van der Waals surface area contributed by atoms with Crippen LogP contribution in [0.4, 0.5) is 0 Å². The molecular formula is C18H29N3O. The molecule has 1 aliphatic heterocycles. The number of hydrogen-bond acceptors (Lipinski definition) is 3. The molecule has 1 aliphatic rings. The number of benzene rings is 1. The van der Waals surface area contributed by atoms with Crippen LogP contribution in [0.5, 0.6) is 0 Å². The van der Waals surface area contributed by atoms with E-state index in [-0.39, 0.29) is 11.9 Å². The molecule has 4 nitrogen and oxygen atoms in total. The third-order valence-electron chi connectivity index (χ3n) is 4.51. The Morgan fingerprint density at radius 3 is 2.55 bits per heavy atom. The highest BCUT2D eigenvalue weighted by molar-refractivity contribution is 5.85. The van der Waals surface area contributed by atoms with Crippen LogP contribution in [0.3, 0.4) is 0 Å². The first-order valence-corrected chi connectivity index (χ1v) is 8.41. The summed E-state index contributed by atoms with van der Waals surface area (Å²) < 4.78 is 0. The van der Waals surface area contributed by atoms with Crippen molar-refractivity contribution in [2.24, 2.45) is 5.73 Å². The van der Waals surface area contributed by atoms with Gasteiger partial charge in [0.25, 0.3) is 0 Å². The van der Waals surface area contributed by atoms with Crippen LogP contribution < -0.4 is 11.1 Å². The third kappa shape index (κ3) is 4.31. The number of nitrogens with two attached hydrogens (primary N) is 1. The minimum absolute atomic E-state index is 0.0468. The van der Waals surface area contributed by atoms with Crippen molar-refractivity contribution < 1.29 is 4.79 Å². The van der Waals surface area contributed by atoms with Crippen LogP contribution in [0.1, 0.15) is 51.1 Å². The average molecular weight is 303 g/mol. The summed E-state index contributed by atoms with van der Waals surface area (Å²) in [4.78, 5) is 14.8. The molecule has 0 radical (unpaired) electrons. The number of amides is 1. The summed E-state index contributed by atoms with van der Waals surface area (Å²) in [6.07, 6.45) is 4.09. The number of carbonyl (C=O) groups is 1. The Hall–Kier alpha value is -1.39.